The molecule has 0 saturated heterocycles. The lowest BCUT2D eigenvalue weighted by molar-refractivity contribution is -0.281. The maximum absolute atomic E-state index is 12.6. The summed E-state index contributed by atoms with van der Waals surface area (Å²) in [5.74, 6) is -3.10. The average molecular weight is 352 g/mol. The van der Waals surface area contributed by atoms with Crippen LogP contribution in [-0.4, -0.2) is 23.2 Å². The maximum Gasteiger partial charge on any atom is 0.329 e. The highest BCUT2D eigenvalue weighted by Crippen LogP contribution is 2.33. The summed E-state index contributed by atoms with van der Waals surface area (Å²) in [6.45, 7) is 0. The number of rotatable bonds is 4. The fourth-order valence-electron chi connectivity index (χ4n) is 2.80. The van der Waals surface area contributed by atoms with Crippen molar-refractivity contribution in [2.45, 2.75) is 5.92 Å². The van der Waals surface area contributed by atoms with Gasteiger partial charge in [-0.15, -0.1) is 0 Å². The summed E-state index contributed by atoms with van der Waals surface area (Å²) < 4.78 is 1.62. The van der Waals surface area contributed by atoms with Crippen LogP contribution in [0.25, 0.3) is 0 Å². The van der Waals surface area contributed by atoms with Crippen molar-refractivity contribution in [2.75, 3.05) is 19.0 Å². The second-order valence-electron chi connectivity index (χ2n) is 6.12. The van der Waals surface area contributed by atoms with E-state index in [0.717, 1.165) is 14.8 Å². The molecule has 1 unspecified atom stereocenters. The summed E-state index contributed by atoms with van der Waals surface area (Å²) in [7, 11) is 6.23. The van der Waals surface area contributed by atoms with E-state index in [1.807, 2.05) is 31.1 Å². The average Bonchev–Trinajstić information content (AvgIpc) is 2.64. The predicted molar refractivity (Wildman–Crippen MR) is 93.7 cm³/mol. The van der Waals surface area contributed by atoms with Gasteiger partial charge in [0, 0.05) is 45.4 Å². The molecule has 8 heteroatoms. The molecule has 1 atom stereocenters. The van der Waals surface area contributed by atoms with Crippen LogP contribution in [0, 0.1) is 28.6 Å². The number of nitrogens with zero attached hydrogens (tertiary/aromatic N) is 5. The van der Waals surface area contributed by atoms with Gasteiger partial charge in [-0.25, -0.2) is 4.79 Å². The van der Waals surface area contributed by atoms with Crippen LogP contribution in [0.3, 0.4) is 0 Å². The first-order chi connectivity index (χ1) is 12.2. The standard InChI is InChI=1S/C18H19N5O3/c1-21(2)13-7-5-11(6-8-13)14(12(9-19)10-20)15-16(24)22(3)18(26)23(4)17(15)25/h5-8,12,14,24H,1-4H3/p-1. The minimum atomic E-state index is -1.25. The number of nitriles is 2. The van der Waals surface area contributed by atoms with E-state index < -0.39 is 29.0 Å². The molecule has 0 bridgehead atoms. The quantitative estimate of drug-likeness (QED) is 0.765. The van der Waals surface area contributed by atoms with Gasteiger partial charge in [0.05, 0.1) is 12.1 Å². The molecular weight excluding hydrogens is 334 g/mol. The Bertz CT molecular complexity index is 1010. The SMILES string of the molecule is CN(C)c1ccc(C(c2c([O-])n(C)c(=O)n(C)c2=O)C(C#N)C#N)cc1. The lowest BCUT2D eigenvalue weighted by atomic mass is 9.82. The molecule has 1 aromatic carbocycles. The lowest BCUT2D eigenvalue weighted by Crippen LogP contribution is -2.42. The van der Waals surface area contributed by atoms with E-state index in [9.17, 15) is 25.2 Å². The Morgan fingerprint density at radius 3 is 2.04 bits per heavy atom. The molecule has 26 heavy (non-hydrogen) atoms. The fourth-order valence-corrected chi connectivity index (χ4v) is 2.80. The van der Waals surface area contributed by atoms with Gasteiger partial charge in [0.15, 0.2) is 0 Å². The monoisotopic (exact) mass is 352 g/mol. The minimum absolute atomic E-state index is 0.264. The van der Waals surface area contributed by atoms with Gasteiger partial charge in [-0.3, -0.25) is 9.36 Å². The van der Waals surface area contributed by atoms with Crippen molar-refractivity contribution < 1.29 is 5.11 Å². The van der Waals surface area contributed by atoms with Gasteiger partial charge >= 0.3 is 5.69 Å². The third kappa shape index (κ3) is 3.05. The van der Waals surface area contributed by atoms with Gasteiger partial charge in [-0.2, -0.15) is 10.5 Å². The van der Waals surface area contributed by atoms with Gasteiger partial charge in [0.25, 0.3) is 5.56 Å². The molecule has 2 aromatic rings. The Morgan fingerprint density at radius 1 is 1.04 bits per heavy atom. The normalized spacial score (nSPS) is 11.7. The van der Waals surface area contributed by atoms with E-state index in [-0.39, 0.29) is 5.56 Å². The summed E-state index contributed by atoms with van der Waals surface area (Å²) in [4.78, 5) is 26.4. The Kier molecular flexibility index (Phi) is 5.18. The molecule has 1 aromatic heterocycles. The molecule has 0 N–H and O–H groups in total. The molecule has 1 heterocycles. The van der Waals surface area contributed by atoms with Crippen molar-refractivity contribution in [3.8, 4) is 18.0 Å². The van der Waals surface area contributed by atoms with Crippen molar-refractivity contribution in [3.05, 3.63) is 56.2 Å². The van der Waals surface area contributed by atoms with E-state index in [1.54, 1.807) is 24.3 Å². The number of aromatic nitrogens is 2. The highest BCUT2D eigenvalue weighted by Gasteiger charge is 2.29. The number of benzene rings is 1. The smallest absolute Gasteiger partial charge is 0.329 e. The molecule has 0 saturated carbocycles. The van der Waals surface area contributed by atoms with Crippen molar-refractivity contribution >= 4 is 5.69 Å². The number of hydrogen-bond donors (Lipinski definition) is 0. The molecule has 0 aliphatic carbocycles. The van der Waals surface area contributed by atoms with Crippen LogP contribution in [0.1, 0.15) is 17.0 Å². The highest BCUT2D eigenvalue weighted by molar-refractivity contribution is 5.49. The van der Waals surface area contributed by atoms with E-state index in [2.05, 4.69) is 0 Å². The molecule has 8 nitrogen and oxygen atoms in total. The van der Waals surface area contributed by atoms with E-state index in [1.165, 1.54) is 14.1 Å². The van der Waals surface area contributed by atoms with Gasteiger partial charge in [-0.1, -0.05) is 12.1 Å². The van der Waals surface area contributed by atoms with Crippen LogP contribution in [0.15, 0.2) is 33.9 Å². The molecule has 0 amide bonds. The predicted octanol–water partition coefficient (Wildman–Crippen LogP) is 0.0189. The first kappa shape index (κ1) is 18.8. The summed E-state index contributed by atoms with van der Waals surface area (Å²) in [6, 6.07) is 10.6. The van der Waals surface area contributed by atoms with Crippen LogP contribution < -0.4 is 21.3 Å². The number of anilines is 1. The van der Waals surface area contributed by atoms with Crippen molar-refractivity contribution in [2.24, 2.45) is 20.0 Å². The zero-order valence-corrected chi connectivity index (χ0v) is 14.9. The first-order valence-corrected chi connectivity index (χ1v) is 7.78. The largest absolute Gasteiger partial charge is 0.860 e. The highest BCUT2D eigenvalue weighted by atomic mass is 16.3. The topological polar surface area (TPSA) is 118 Å². The second kappa shape index (κ2) is 7.16. The van der Waals surface area contributed by atoms with Gasteiger partial charge in [0.1, 0.15) is 5.92 Å². The van der Waals surface area contributed by atoms with Gasteiger partial charge < -0.3 is 14.6 Å². The Labute approximate surface area is 150 Å². The van der Waals surface area contributed by atoms with Crippen LogP contribution in [0.4, 0.5) is 5.69 Å². The molecule has 0 aliphatic rings. The Morgan fingerprint density at radius 2 is 1.58 bits per heavy atom. The molecule has 0 radical (unpaired) electrons. The van der Waals surface area contributed by atoms with Crippen molar-refractivity contribution in [3.63, 3.8) is 0 Å². The Balaban J connectivity index is 2.81. The third-order valence-electron chi connectivity index (χ3n) is 4.34. The third-order valence-corrected chi connectivity index (χ3v) is 4.34. The van der Waals surface area contributed by atoms with Crippen LogP contribution in [-0.2, 0) is 14.1 Å². The second-order valence-corrected chi connectivity index (χ2v) is 6.12. The van der Waals surface area contributed by atoms with Crippen LogP contribution in [0.2, 0.25) is 0 Å². The molecular formula is C18H18N5O3-. The summed E-state index contributed by atoms with van der Waals surface area (Å²) in [5.41, 5.74) is -0.447. The first-order valence-electron chi connectivity index (χ1n) is 7.78. The van der Waals surface area contributed by atoms with Crippen molar-refractivity contribution in [1.29, 1.82) is 10.5 Å². The van der Waals surface area contributed by atoms with E-state index in [0.29, 0.717) is 5.56 Å². The summed E-state index contributed by atoms with van der Waals surface area (Å²) in [5, 5.41) is 31.4. The molecule has 0 aliphatic heterocycles. The van der Waals surface area contributed by atoms with E-state index in [4.69, 9.17) is 0 Å². The summed E-state index contributed by atoms with van der Waals surface area (Å²) >= 11 is 0. The van der Waals surface area contributed by atoms with Gasteiger partial charge in [0.2, 0.25) is 0 Å². The molecule has 0 spiro atoms. The summed E-state index contributed by atoms with van der Waals surface area (Å²) in [6.07, 6.45) is 0. The van der Waals surface area contributed by atoms with Crippen molar-refractivity contribution in [1.82, 2.24) is 9.13 Å². The molecule has 0 fully saturated rings. The van der Waals surface area contributed by atoms with Crippen LogP contribution >= 0.6 is 0 Å². The Hall–Kier alpha value is -3.52. The lowest BCUT2D eigenvalue weighted by Gasteiger charge is -2.26. The maximum atomic E-state index is 12.6. The van der Waals surface area contributed by atoms with Crippen LogP contribution in [0.5, 0.6) is 5.88 Å². The molecule has 2 rings (SSSR count). The zero-order chi connectivity index (χ0) is 19.6. The van der Waals surface area contributed by atoms with E-state index >= 15 is 0 Å². The fraction of sp³-hybridized carbons (Fsp3) is 0.333. The zero-order valence-electron chi connectivity index (χ0n) is 14.9. The number of hydrogen-bond acceptors (Lipinski definition) is 6. The molecule has 134 valence electrons. The minimum Gasteiger partial charge on any atom is -0.860 e. The van der Waals surface area contributed by atoms with Gasteiger partial charge in [-0.05, 0) is 23.6 Å².